The monoisotopic (exact) mass is 453 g/mol. The van der Waals surface area contributed by atoms with Crippen LogP contribution in [0.1, 0.15) is 35.4 Å². The number of benzene rings is 2. The number of nitrogens with zero attached hydrogens (tertiary/aromatic N) is 3. The Morgan fingerprint density at radius 3 is 2.45 bits per heavy atom. The van der Waals surface area contributed by atoms with Crippen LogP contribution in [0.15, 0.2) is 83.7 Å². The van der Waals surface area contributed by atoms with E-state index in [0.29, 0.717) is 12.0 Å². The first kappa shape index (κ1) is 20.7. The van der Waals surface area contributed by atoms with Gasteiger partial charge < -0.3 is 0 Å². The van der Waals surface area contributed by atoms with E-state index in [1.54, 1.807) is 41.2 Å². The molecule has 0 saturated carbocycles. The van der Waals surface area contributed by atoms with Gasteiger partial charge in [0.2, 0.25) is 11.5 Å². The Balaban J connectivity index is 2.05. The molecule has 7 heteroatoms. The SMILES string of the molecule is C=C(C(c1ccc(Br)cc1)C(CC)C(=O)c1nccn1-c1ccccc1)[N+](=O)[O-]. The van der Waals surface area contributed by atoms with Crippen molar-refractivity contribution >= 4 is 21.7 Å². The molecule has 29 heavy (non-hydrogen) atoms. The Morgan fingerprint density at radius 1 is 1.21 bits per heavy atom. The number of allylic oxidation sites excluding steroid dienone is 1. The number of rotatable bonds is 8. The summed E-state index contributed by atoms with van der Waals surface area (Å²) in [5.41, 5.74) is 1.27. The number of ketones is 1. The number of aromatic nitrogens is 2. The quantitative estimate of drug-likeness (QED) is 0.259. The second-order valence-electron chi connectivity index (χ2n) is 6.61. The van der Waals surface area contributed by atoms with Crippen LogP contribution in [0, 0.1) is 16.0 Å². The second kappa shape index (κ2) is 8.96. The summed E-state index contributed by atoms with van der Waals surface area (Å²) in [6.45, 7) is 5.52. The number of carbonyl (C=O) groups excluding carboxylic acids is 1. The zero-order valence-corrected chi connectivity index (χ0v) is 17.5. The van der Waals surface area contributed by atoms with Crippen molar-refractivity contribution in [2.24, 2.45) is 5.92 Å². The molecule has 148 valence electrons. The Labute approximate surface area is 177 Å². The van der Waals surface area contributed by atoms with Gasteiger partial charge in [0, 0.05) is 28.5 Å². The number of nitro groups is 1. The first-order chi connectivity index (χ1) is 13.9. The molecular formula is C22H20BrN3O3. The molecule has 3 aromatic rings. The topological polar surface area (TPSA) is 78.0 Å². The van der Waals surface area contributed by atoms with Gasteiger partial charge in [0.15, 0.2) is 5.82 Å². The van der Waals surface area contributed by atoms with Gasteiger partial charge in [0.1, 0.15) is 0 Å². The summed E-state index contributed by atoms with van der Waals surface area (Å²) in [4.78, 5) is 28.8. The van der Waals surface area contributed by atoms with Crippen molar-refractivity contribution in [3.8, 4) is 5.69 Å². The van der Waals surface area contributed by atoms with Crippen molar-refractivity contribution in [1.29, 1.82) is 0 Å². The number of hydrogen-bond acceptors (Lipinski definition) is 4. The largest absolute Gasteiger partial charge is 0.297 e. The highest BCUT2D eigenvalue weighted by Crippen LogP contribution is 2.36. The van der Waals surface area contributed by atoms with E-state index in [9.17, 15) is 14.9 Å². The fourth-order valence-corrected chi connectivity index (χ4v) is 3.73. The lowest BCUT2D eigenvalue weighted by Gasteiger charge is -2.23. The van der Waals surface area contributed by atoms with Crippen molar-refractivity contribution in [3.63, 3.8) is 0 Å². The molecule has 0 radical (unpaired) electrons. The smallest absolute Gasteiger partial charge is 0.247 e. The van der Waals surface area contributed by atoms with Crippen LogP contribution in [-0.4, -0.2) is 20.3 Å². The predicted molar refractivity (Wildman–Crippen MR) is 115 cm³/mol. The van der Waals surface area contributed by atoms with Crippen LogP contribution >= 0.6 is 15.9 Å². The fourth-order valence-electron chi connectivity index (χ4n) is 3.46. The number of halogens is 1. The molecule has 0 aliphatic heterocycles. The molecule has 0 spiro atoms. The molecule has 2 aromatic carbocycles. The van der Waals surface area contributed by atoms with Crippen molar-refractivity contribution in [1.82, 2.24) is 9.55 Å². The number of carbonyl (C=O) groups is 1. The fraction of sp³-hybridized carbons (Fsp3) is 0.182. The van der Waals surface area contributed by atoms with Crippen LogP contribution in [-0.2, 0) is 0 Å². The number of hydrogen-bond donors (Lipinski definition) is 0. The van der Waals surface area contributed by atoms with E-state index in [0.717, 1.165) is 10.2 Å². The summed E-state index contributed by atoms with van der Waals surface area (Å²) >= 11 is 3.37. The molecule has 0 bridgehead atoms. The normalized spacial score (nSPS) is 12.9. The van der Waals surface area contributed by atoms with E-state index in [1.807, 2.05) is 37.3 Å². The lowest BCUT2D eigenvalue weighted by molar-refractivity contribution is -0.430. The molecule has 1 heterocycles. The first-order valence-corrected chi connectivity index (χ1v) is 9.95. The first-order valence-electron chi connectivity index (χ1n) is 9.15. The summed E-state index contributed by atoms with van der Waals surface area (Å²) in [5.74, 6) is -1.42. The Morgan fingerprint density at radius 2 is 1.86 bits per heavy atom. The summed E-state index contributed by atoms with van der Waals surface area (Å²) < 4.78 is 2.56. The lowest BCUT2D eigenvalue weighted by Crippen LogP contribution is -2.27. The van der Waals surface area contributed by atoms with Gasteiger partial charge in [-0.25, -0.2) is 4.98 Å². The lowest BCUT2D eigenvalue weighted by atomic mass is 9.79. The van der Waals surface area contributed by atoms with Crippen molar-refractivity contribution in [3.05, 3.63) is 105 Å². The highest BCUT2D eigenvalue weighted by Gasteiger charge is 2.38. The molecule has 3 rings (SSSR count). The number of imidazole rings is 1. The maximum absolute atomic E-state index is 13.5. The second-order valence-corrected chi connectivity index (χ2v) is 7.53. The van der Waals surface area contributed by atoms with Gasteiger partial charge in [0.25, 0.3) is 0 Å². The molecule has 0 aliphatic carbocycles. The van der Waals surface area contributed by atoms with Crippen molar-refractivity contribution < 1.29 is 9.72 Å². The summed E-state index contributed by atoms with van der Waals surface area (Å²) in [6, 6.07) is 16.6. The van der Waals surface area contributed by atoms with E-state index in [2.05, 4.69) is 27.5 Å². The number of Topliss-reactive ketones (excluding diaryl/α,β-unsaturated/α-hetero) is 1. The van der Waals surface area contributed by atoms with Crippen molar-refractivity contribution in [2.75, 3.05) is 0 Å². The molecule has 0 saturated heterocycles. The van der Waals surface area contributed by atoms with Crippen molar-refractivity contribution in [2.45, 2.75) is 19.3 Å². The van der Waals surface area contributed by atoms with E-state index in [4.69, 9.17) is 0 Å². The Hall–Kier alpha value is -3.06. The van der Waals surface area contributed by atoms with Crippen LogP contribution in [0.3, 0.4) is 0 Å². The minimum atomic E-state index is -0.753. The third-order valence-electron chi connectivity index (χ3n) is 4.90. The molecule has 2 unspecified atom stereocenters. The summed E-state index contributed by atoms with van der Waals surface area (Å²) in [5, 5.41) is 11.6. The number of para-hydroxylation sites is 1. The minimum Gasteiger partial charge on any atom is -0.297 e. The van der Waals surface area contributed by atoms with Crippen LogP contribution in [0.4, 0.5) is 0 Å². The van der Waals surface area contributed by atoms with E-state index in [-0.39, 0.29) is 17.3 Å². The van der Waals surface area contributed by atoms with E-state index in [1.165, 1.54) is 0 Å². The van der Waals surface area contributed by atoms with Gasteiger partial charge in [-0.1, -0.05) is 53.2 Å². The maximum Gasteiger partial charge on any atom is 0.247 e. The molecule has 2 atom stereocenters. The summed E-state index contributed by atoms with van der Waals surface area (Å²) in [7, 11) is 0. The zero-order valence-electron chi connectivity index (χ0n) is 15.9. The third-order valence-corrected chi connectivity index (χ3v) is 5.43. The van der Waals surface area contributed by atoms with Gasteiger partial charge in [-0.2, -0.15) is 0 Å². The maximum atomic E-state index is 13.5. The van der Waals surface area contributed by atoms with Gasteiger partial charge in [-0.15, -0.1) is 0 Å². The standard InChI is InChI=1S/C22H20BrN3O3/c1-3-19(20(15(2)26(28)29)16-9-11-17(23)12-10-16)21(27)22-24-13-14-25(22)18-7-5-4-6-8-18/h4-14,19-20H,2-3H2,1H3. The molecule has 0 aliphatic rings. The molecular weight excluding hydrogens is 434 g/mol. The Bertz CT molecular complexity index is 1030. The molecule has 6 nitrogen and oxygen atoms in total. The van der Waals surface area contributed by atoms with E-state index < -0.39 is 16.8 Å². The molecule has 1 aromatic heterocycles. The summed E-state index contributed by atoms with van der Waals surface area (Å²) in [6.07, 6.45) is 3.68. The van der Waals surface area contributed by atoms with Gasteiger partial charge in [-0.05, 0) is 42.8 Å². The average molecular weight is 454 g/mol. The van der Waals surface area contributed by atoms with Gasteiger partial charge in [-0.3, -0.25) is 19.5 Å². The third kappa shape index (κ3) is 4.35. The van der Waals surface area contributed by atoms with Crippen LogP contribution in [0.5, 0.6) is 0 Å². The average Bonchev–Trinajstić information content (AvgIpc) is 3.22. The molecule has 0 N–H and O–H groups in total. The minimum absolute atomic E-state index is 0.203. The van der Waals surface area contributed by atoms with E-state index >= 15 is 0 Å². The zero-order chi connectivity index (χ0) is 21.0. The van der Waals surface area contributed by atoms with Crippen LogP contribution < -0.4 is 0 Å². The van der Waals surface area contributed by atoms with Crippen LogP contribution in [0.2, 0.25) is 0 Å². The molecule has 0 fully saturated rings. The van der Waals surface area contributed by atoms with Crippen LogP contribution in [0.25, 0.3) is 5.69 Å². The highest BCUT2D eigenvalue weighted by molar-refractivity contribution is 9.10. The Kier molecular flexibility index (Phi) is 6.39. The predicted octanol–water partition coefficient (Wildman–Crippen LogP) is 5.42. The van der Waals surface area contributed by atoms with Gasteiger partial charge >= 0.3 is 0 Å². The molecule has 0 amide bonds. The van der Waals surface area contributed by atoms with Gasteiger partial charge in [0.05, 0.1) is 10.8 Å². The highest BCUT2D eigenvalue weighted by atomic mass is 79.9.